The highest BCUT2D eigenvalue weighted by atomic mass is 16.4. The average Bonchev–Trinajstić information content (AvgIpc) is 2.97. The van der Waals surface area contributed by atoms with E-state index in [0.29, 0.717) is 11.8 Å². The Morgan fingerprint density at radius 1 is 1.38 bits per heavy atom. The van der Waals surface area contributed by atoms with E-state index >= 15 is 0 Å². The van der Waals surface area contributed by atoms with Crippen molar-refractivity contribution in [3.63, 3.8) is 0 Å². The number of benzene rings is 1. The summed E-state index contributed by atoms with van der Waals surface area (Å²) in [5, 5.41) is 9.23. The van der Waals surface area contributed by atoms with Gasteiger partial charge in [-0.15, -0.1) is 0 Å². The van der Waals surface area contributed by atoms with Gasteiger partial charge in [0.1, 0.15) is 0 Å². The molecule has 0 saturated heterocycles. The Kier molecular flexibility index (Phi) is 2.99. The van der Waals surface area contributed by atoms with Crippen LogP contribution in [-0.4, -0.2) is 11.1 Å². The van der Waals surface area contributed by atoms with Crippen LogP contribution < -0.4 is 0 Å². The monoisotopic (exact) mass is 218 g/mol. The van der Waals surface area contributed by atoms with E-state index in [4.69, 9.17) is 0 Å². The van der Waals surface area contributed by atoms with Crippen molar-refractivity contribution in [2.24, 2.45) is 11.3 Å². The van der Waals surface area contributed by atoms with Gasteiger partial charge >= 0.3 is 5.97 Å². The summed E-state index contributed by atoms with van der Waals surface area (Å²) in [5.74, 6) is -0.883. The third-order valence-corrected chi connectivity index (χ3v) is 3.52. The molecule has 2 rings (SSSR count). The molecular weight excluding hydrogens is 200 g/mol. The number of hydrogen-bond donors (Lipinski definition) is 1. The molecule has 1 unspecified atom stereocenters. The maximum Gasteiger partial charge on any atom is 0.306 e. The number of carboxylic acids is 1. The van der Waals surface area contributed by atoms with Crippen LogP contribution >= 0.6 is 0 Å². The van der Waals surface area contributed by atoms with Gasteiger partial charge in [0.05, 0.1) is 5.92 Å². The molecule has 1 aliphatic carbocycles. The lowest BCUT2D eigenvalue weighted by Crippen LogP contribution is -2.19. The molecule has 86 valence electrons. The van der Waals surface area contributed by atoms with Gasteiger partial charge in [-0.2, -0.15) is 0 Å². The van der Waals surface area contributed by atoms with Crippen LogP contribution in [-0.2, 0) is 11.2 Å². The number of carboxylic acid groups (broad SMARTS) is 1. The molecule has 1 fully saturated rings. The van der Waals surface area contributed by atoms with Crippen LogP contribution in [0.1, 0.15) is 31.7 Å². The summed E-state index contributed by atoms with van der Waals surface area (Å²) in [6, 6.07) is 9.90. The van der Waals surface area contributed by atoms with Crippen molar-refractivity contribution in [2.45, 2.75) is 32.6 Å². The van der Waals surface area contributed by atoms with E-state index in [1.807, 2.05) is 30.3 Å². The van der Waals surface area contributed by atoms with Crippen LogP contribution in [0.5, 0.6) is 0 Å². The first-order valence-electron chi connectivity index (χ1n) is 5.86. The summed E-state index contributed by atoms with van der Waals surface area (Å²) >= 11 is 0. The zero-order valence-corrected chi connectivity index (χ0v) is 9.65. The van der Waals surface area contributed by atoms with Crippen LogP contribution in [0, 0.1) is 11.3 Å². The highest BCUT2D eigenvalue weighted by Crippen LogP contribution is 2.50. The van der Waals surface area contributed by atoms with E-state index in [-0.39, 0.29) is 5.92 Å². The number of rotatable bonds is 5. The topological polar surface area (TPSA) is 37.3 Å². The molecule has 0 aromatic heterocycles. The zero-order valence-electron chi connectivity index (χ0n) is 9.65. The Balaban J connectivity index is 2.00. The first kappa shape index (κ1) is 11.2. The van der Waals surface area contributed by atoms with Gasteiger partial charge in [0.25, 0.3) is 0 Å². The summed E-state index contributed by atoms with van der Waals surface area (Å²) in [5.41, 5.74) is 1.43. The highest BCUT2D eigenvalue weighted by molar-refractivity contribution is 5.70. The summed E-state index contributed by atoms with van der Waals surface area (Å²) in [4.78, 5) is 11.2. The number of carbonyl (C=O) groups is 1. The lowest BCUT2D eigenvalue weighted by Gasteiger charge is -2.16. The van der Waals surface area contributed by atoms with Gasteiger partial charge in [0, 0.05) is 0 Å². The van der Waals surface area contributed by atoms with Crippen molar-refractivity contribution < 1.29 is 9.90 Å². The van der Waals surface area contributed by atoms with E-state index in [0.717, 1.165) is 12.0 Å². The second-order valence-corrected chi connectivity index (χ2v) is 5.24. The molecule has 1 N–H and O–H groups in total. The second-order valence-electron chi connectivity index (χ2n) is 5.24. The molecule has 1 aromatic carbocycles. The van der Waals surface area contributed by atoms with Crippen LogP contribution in [0.15, 0.2) is 30.3 Å². The minimum Gasteiger partial charge on any atom is -0.481 e. The predicted molar refractivity (Wildman–Crippen MR) is 63.2 cm³/mol. The minimum absolute atomic E-state index is 0.227. The summed E-state index contributed by atoms with van der Waals surface area (Å²) < 4.78 is 0. The Morgan fingerprint density at radius 3 is 2.50 bits per heavy atom. The fourth-order valence-corrected chi connectivity index (χ4v) is 2.16. The van der Waals surface area contributed by atoms with Crippen molar-refractivity contribution >= 4 is 5.97 Å². The lowest BCUT2D eigenvalue weighted by molar-refractivity contribution is -0.142. The van der Waals surface area contributed by atoms with Crippen molar-refractivity contribution in [3.05, 3.63) is 35.9 Å². The third-order valence-electron chi connectivity index (χ3n) is 3.52. The molecule has 0 bridgehead atoms. The average molecular weight is 218 g/mol. The van der Waals surface area contributed by atoms with Gasteiger partial charge in [0.2, 0.25) is 0 Å². The van der Waals surface area contributed by atoms with Gasteiger partial charge in [-0.05, 0) is 36.7 Å². The largest absolute Gasteiger partial charge is 0.481 e. The van der Waals surface area contributed by atoms with E-state index in [1.165, 1.54) is 12.8 Å². The Labute approximate surface area is 96.3 Å². The molecule has 0 aliphatic heterocycles. The zero-order chi connectivity index (χ0) is 11.6. The van der Waals surface area contributed by atoms with Gasteiger partial charge in [0.15, 0.2) is 0 Å². The fourth-order valence-electron chi connectivity index (χ4n) is 2.16. The van der Waals surface area contributed by atoms with Crippen LogP contribution in [0.2, 0.25) is 0 Å². The molecule has 1 aromatic rings. The highest BCUT2D eigenvalue weighted by Gasteiger charge is 2.40. The quantitative estimate of drug-likeness (QED) is 0.824. The van der Waals surface area contributed by atoms with Gasteiger partial charge in [-0.25, -0.2) is 0 Å². The van der Waals surface area contributed by atoms with Gasteiger partial charge in [-0.1, -0.05) is 37.3 Å². The standard InChI is InChI=1S/C14H18O2/c1-14(7-8-14)10-12(13(15)16)9-11-5-3-2-4-6-11/h2-6,12H,7-10H2,1H3,(H,15,16). The molecular formula is C14H18O2. The molecule has 0 amide bonds. The maximum atomic E-state index is 11.2. The molecule has 2 heteroatoms. The Hall–Kier alpha value is -1.31. The fraction of sp³-hybridized carbons (Fsp3) is 0.500. The Bertz CT molecular complexity index is 366. The van der Waals surface area contributed by atoms with Crippen molar-refractivity contribution in [2.75, 3.05) is 0 Å². The molecule has 1 atom stereocenters. The maximum absolute atomic E-state index is 11.2. The van der Waals surface area contributed by atoms with Crippen LogP contribution in [0.4, 0.5) is 0 Å². The Morgan fingerprint density at radius 2 is 2.00 bits per heavy atom. The molecule has 0 heterocycles. The predicted octanol–water partition coefficient (Wildman–Crippen LogP) is 3.12. The number of hydrogen-bond acceptors (Lipinski definition) is 1. The van der Waals surface area contributed by atoms with Gasteiger partial charge in [-0.3, -0.25) is 4.79 Å². The molecule has 1 aliphatic rings. The normalized spacial score (nSPS) is 19.1. The molecule has 1 saturated carbocycles. The van der Waals surface area contributed by atoms with Gasteiger partial charge < -0.3 is 5.11 Å². The molecule has 0 radical (unpaired) electrons. The van der Waals surface area contributed by atoms with Crippen molar-refractivity contribution in [1.82, 2.24) is 0 Å². The number of aliphatic carboxylic acids is 1. The smallest absolute Gasteiger partial charge is 0.306 e. The second kappa shape index (κ2) is 4.28. The first-order valence-corrected chi connectivity index (χ1v) is 5.86. The summed E-state index contributed by atoms with van der Waals surface area (Å²) in [7, 11) is 0. The van der Waals surface area contributed by atoms with Crippen molar-refractivity contribution in [3.8, 4) is 0 Å². The lowest BCUT2D eigenvalue weighted by atomic mass is 9.88. The molecule has 0 spiro atoms. The minimum atomic E-state index is -0.656. The van der Waals surface area contributed by atoms with Crippen LogP contribution in [0.3, 0.4) is 0 Å². The van der Waals surface area contributed by atoms with Crippen LogP contribution in [0.25, 0.3) is 0 Å². The third kappa shape index (κ3) is 2.84. The summed E-state index contributed by atoms with van der Waals surface area (Å²) in [6.45, 7) is 2.19. The molecule has 2 nitrogen and oxygen atoms in total. The van der Waals surface area contributed by atoms with E-state index in [2.05, 4.69) is 6.92 Å². The van der Waals surface area contributed by atoms with E-state index in [1.54, 1.807) is 0 Å². The SMILES string of the molecule is CC1(CC(Cc2ccccc2)C(=O)O)CC1. The van der Waals surface area contributed by atoms with E-state index in [9.17, 15) is 9.90 Å². The molecule has 16 heavy (non-hydrogen) atoms. The first-order chi connectivity index (χ1) is 7.59. The van der Waals surface area contributed by atoms with E-state index < -0.39 is 5.97 Å². The van der Waals surface area contributed by atoms with Crippen molar-refractivity contribution in [1.29, 1.82) is 0 Å². The summed E-state index contributed by atoms with van der Waals surface area (Å²) in [6.07, 6.45) is 3.85.